The van der Waals surface area contributed by atoms with Crippen LogP contribution in [0.3, 0.4) is 0 Å². The summed E-state index contributed by atoms with van der Waals surface area (Å²) in [6, 6.07) is 7.84. The van der Waals surface area contributed by atoms with E-state index in [1.165, 1.54) is 0 Å². The van der Waals surface area contributed by atoms with Crippen LogP contribution < -0.4 is 10.1 Å². The van der Waals surface area contributed by atoms with Gasteiger partial charge in [-0.3, -0.25) is 4.98 Å². The number of ether oxygens (including phenoxy) is 1. The molecule has 0 aliphatic heterocycles. The van der Waals surface area contributed by atoms with E-state index in [1.807, 2.05) is 30.5 Å². The number of benzene rings is 1. The third-order valence-corrected chi connectivity index (χ3v) is 4.01. The normalized spacial score (nSPS) is 12.2. The zero-order valence-corrected chi connectivity index (χ0v) is 14.4. The van der Waals surface area contributed by atoms with Gasteiger partial charge in [-0.25, -0.2) is 0 Å². The Hall–Kier alpha value is -1.10. The van der Waals surface area contributed by atoms with E-state index in [0.717, 1.165) is 39.3 Å². The monoisotopic (exact) mass is 368 g/mol. The summed E-state index contributed by atoms with van der Waals surface area (Å²) < 4.78 is 6.27. The predicted octanol–water partition coefficient (Wildman–Crippen LogP) is 4.60. The Labute approximate surface area is 138 Å². The van der Waals surface area contributed by atoms with Gasteiger partial charge in [-0.2, -0.15) is 0 Å². The fraction of sp³-hybridized carbons (Fsp3) is 0.312. The molecule has 2 aromatic rings. The fourth-order valence-corrected chi connectivity index (χ4v) is 2.74. The minimum Gasteiger partial charge on any atom is -0.495 e. The van der Waals surface area contributed by atoms with Crippen molar-refractivity contribution in [1.29, 1.82) is 0 Å². The van der Waals surface area contributed by atoms with Crippen molar-refractivity contribution in [2.75, 3.05) is 13.7 Å². The van der Waals surface area contributed by atoms with Crippen molar-refractivity contribution in [3.63, 3.8) is 0 Å². The molecule has 1 aromatic heterocycles. The van der Waals surface area contributed by atoms with Crippen LogP contribution in [0.15, 0.2) is 41.1 Å². The first-order chi connectivity index (χ1) is 10.2. The molecule has 0 saturated carbocycles. The van der Waals surface area contributed by atoms with Crippen LogP contribution in [-0.4, -0.2) is 18.6 Å². The standard InChI is InChI=1S/C16H18BrClN2O/c1-3-6-20-16(11-7-13(21-2)10-19-9-11)14-8-12(17)4-5-15(14)18/h4-5,7-10,16,20H,3,6H2,1-2H3. The summed E-state index contributed by atoms with van der Waals surface area (Å²) in [6.45, 7) is 3.03. The Morgan fingerprint density at radius 2 is 2.14 bits per heavy atom. The van der Waals surface area contributed by atoms with E-state index >= 15 is 0 Å². The highest BCUT2D eigenvalue weighted by atomic mass is 79.9. The van der Waals surface area contributed by atoms with Gasteiger partial charge >= 0.3 is 0 Å². The number of rotatable bonds is 6. The van der Waals surface area contributed by atoms with Crippen LogP contribution >= 0.6 is 27.5 Å². The molecule has 5 heteroatoms. The Morgan fingerprint density at radius 3 is 2.86 bits per heavy atom. The lowest BCUT2D eigenvalue weighted by atomic mass is 10.00. The molecule has 1 aromatic carbocycles. The molecule has 1 atom stereocenters. The van der Waals surface area contributed by atoms with Gasteiger partial charge in [-0.15, -0.1) is 0 Å². The molecular weight excluding hydrogens is 352 g/mol. The summed E-state index contributed by atoms with van der Waals surface area (Å²) in [5, 5.41) is 4.25. The zero-order valence-electron chi connectivity index (χ0n) is 12.1. The average molecular weight is 370 g/mol. The number of hydrogen-bond acceptors (Lipinski definition) is 3. The highest BCUT2D eigenvalue weighted by Gasteiger charge is 2.17. The largest absolute Gasteiger partial charge is 0.495 e. The number of hydrogen-bond donors (Lipinski definition) is 1. The summed E-state index contributed by atoms with van der Waals surface area (Å²) in [5.41, 5.74) is 2.05. The molecule has 2 rings (SSSR count). The van der Waals surface area contributed by atoms with E-state index in [0.29, 0.717) is 0 Å². The van der Waals surface area contributed by atoms with Gasteiger partial charge in [-0.05, 0) is 48.4 Å². The second kappa shape index (κ2) is 7.78. The van der Waals surface area contributed by atoms with Crippen molar-refractivity contribution < 1.29 is 4.74 Å². The highest BCUT2D eigenvalue weighted by Crippen LogP contribution is 2.31. The molecule has 21 heavy (non-hydrogen) atoms. The quantitative estimate of drug-likeness (QED) is 0.808. The molecule has 1 heterocycles. The van der Waals surface area contributed by atoms with E-state index in [2.05, 4.69) is 33.2 Å². The van der Waals surface area contributed by atoms with Gasteiger partial charge in [0.15, 0.2) is 0 Å². The van der Waals surface area contributed by atoms with E-state index in [4.69, 9.17) is 16.3 Å². The minimum atomic E-state index is -0.0162. The maximum atomic E-state index is 6.38. The smallest absolute Gasteiger partial charge is 0.137 e. The van der Waals surface area contributed by atoms with Crippen molar-refractivity contribution in [3.05, 3.63) is 57.3 Å². The number of halogens is 2. The molecule has 1 N–H and O–H groups in total. The van der Waals surface area contributed by atoms with Crippen molar-refractivity contribution in [1.82, 2.24) is 10.3 Å². The molecule has 0 aliphatic carbocycles. The number of aromatic nitrogens is 1. The molecule has 0 fully saturated rings. The molecular formula is C16H18BrClN2O. The second-order valence-corrected chi connectivity index (χ2v) is 6.03. The Balaban J connectivity index is 2.44. The maximum absolute atomic E-state index is 6.38. The Bertz CT molecular complexity index is 607. The average Bonchev–Trinajstić information content (AvgIpc) is 2.51. The number of methoxy groups -OCH3 is 1. The first-order valence-corrected chi connectivity index (χ1v) is 8.00. The summed E-state index contributed by atoms with van der Waals surface area (Å²) in [6.07, 6.45) is 4.58. The lowest BCUT2D eigenvalue weighted by Gasteiger charge is -2.21. The summed E-state index contributed by atoms with van der Waals surface area (Å²) in [5.74, 6) is 0.738. The summed E-state index contributed by atoms with van der Waals surface area (Å²) in [4.78, 5) is 4.24. The molecule has 0 amide bonds. The van der Waals surface area contributed by atoms with Crippen LogP contribution in [0.1, 0.15) is 30.5 Å². The maximum Gasteiger partial charge on any atom is 0.137 e. The van der Waals surface area contributed by atoms with E-state index < -0.39 is 0 Å². The van der Waals surface area contributed by atoms with E-state index in [-0.39, 0.29) is 6.04 Å². The SMILES string of the molecule is CCCNC(c1cncc(OC)c1)c1cc(Br)ccc1Cl. The van der Waals surface area contributed by atoms with Crippen LogP contribution in [0.2, 0.25) is 5.02 Å². The van der Waals surface area contributed by atoms with Crippen LogP contribution in [0.4, 0.5) is 0 Å². The van der Waals surface area contributed by atoms with Crippen LogP contribution in [0, 0.1) is 0 Å². The zero-order chi connectivity index (χ0) is 15.2. The molecule has 0 saturated heterocycles. The number of pyridine rings is 1. The molecule has 0 aliphatic rings. The molecule has 0 radical (unpaired) electrons. The van der Waals surface area contributed by atoms with Crippen LogP contribution in [0.25, 0.3) is 0 Å². The predicted molar refractivity (Wildman–Crippen MR) is 90.1 cm³/mol. The van der Waals surface area contributed by atoms with Crippen molar-refractivity contribution in [3.8, 4) is 5.75 Å². The first kappa shape index (κ1) is 16.3. The molecule has 0 spiro atoms. The number of nitrogens with zero attached hydrogens (tertiary/aromatic N) is 1. The van der Waals surface area contributed by atoms with Gasteiger partial charge in [0.2, 0.25) is 0 Å². The van der Waals surface area contributed by atoms with Crippen molar-refractivity contribution >= 4 is 27.5 Å². The molecule has 3 nitrogen and oxygen atoms in total. The minimum absolute atomic E-state index is 0.0162. The second-order valence-electron chi connectivity index (χ2n) is 4.71. The molecule has 1 unspecified atom stereocenters. The van der Waals surface area contributed by atoms with Gasteiger partial charge in [0.1, 0.15) is 5.75 Å². The fourth-order valence-electron chi connectivity index (χ4n) is 2.14. The van der Waals surface area contributed by atoms with Crippen molar-refractivity contribution in [2.45, 2.75) is 19.4 Å². The lowest BCUT2D eigenvalue weighted by Crippen LogP contribution is -2.23. The number of nitrogens with one attached hydrogen (secondary N) is 1. The van der Waals surface area contributed by atoms with Crippen LogP contribution in [-0.2, 0) is 0 Å². The Morgan fingerprint density at radius 1 is 1.33 bits per heavy atom. The molecule has 112 valence electrons. The topological polar surface area (TPSA) is 34.2 Å². The highest BCUT2D eigenvalue weighted by molar-refractivity contribution is 9.10. The van der Waals surface area contributed by atoms with Gasteiger partial charge in [0.05, 0.1) is 19.3 Å². The van der Waals surface area contributed by atoms with E-state index in [1.54, 1.807) is 13.3 Å². The van der Waals surface area contributed by atoms with E-state index in [9.17, 15) is 0 Å². The molecule has 0 bridgehead atoms. The van der Waals surface area contributed by atoms with Gasteiger partial charge in [0, 0.05) is 15.7 Å². The van der Waals surface area contributed by atoms with Gasteiger partial charge in [0.25, 0.3) is 0 Å². The third kappa shape index (κ3) is 4.19. The third-order valence-electron chi connectivity index (χ3n) is 3.17. The van der Waals surface area contributed by atoms with Crippen LogP contribution in [0.5, 0.6) is 5.75 Å². The summed E-state index contributed by atoms with van der Waals surface area (Å²) in [7, 11) is 1.64. The Kier molecular flexibility index (Phi) is 6.03. The van der Waals surface area contributed by atoms with Crippen molar-refractivity contribution in [2.24, 2.45) is 0 Å². The lowest BCUT2D eigenvalue weighted by molar-refractivity contribution is 0.411. The summed E-state index contributed by atoms with van der Waals surface area (Å²) >= 11 is 9.89. The van der Waals surface area contributed by atoms with Gasteiger partial charge < -0.3 is 10.1 Å². The first-order valence-electron chi connectivity index (χ1n) is 6.83. The van der Waals surface area contributed by atoms with Gasteiger partial charge in [-0.1, -0.05) is 34.5 Å².